The molecule has 1 saturated heterocycles. The molecular weight excluding hydrogens is 224 g/mol. The Labute approximate surface area is 97.1 Å². The molecule has 90 valence electrons. The lowest BCUT2D eigenvalue weighted by Gasteiger charge is -2.12. The van der Waals surface area contributed by atoms with E-state index in [4.69, 9.17) is 5.73 Å². The van der Waals surface area contributed by atoms with E-state index in [2.05, 4.69) is 10.6 Å². The van der Waals surface area contributed by atoms with Gasteiger partial charge in [0.1, 0.15) is 0 Å². The molecule has 0 saturated carbocycles. The molecule has 1 aliphatic rings. The minimum Gasteiger partial charge on any atom is -0.398 e. The highest BCUT2D eigenvalue weighted by Crippen LogP contribution is 2.23. The second kappa shape index (κ2) is 4.28. The lowest BCUT2D eigenvalue weighted by molar-refractivity contribution is -0.384. The lowest BCUT2D eigenvalue weighted by Crippen LogP contribution is -2.22. The van der Waals surface area contributed by atoms with Gasteiger partial charge in [0, 0.05) is 36.5 Å². The van der Waals surface area contributed by atoms with E-state index < -0.39 is 4.92 Å². The topological polar surface area (TPSA) is 110 Å². The second-order valence-corrected chi connectivity index (χ2v) is 3.92. The first-order chi connectivity index (χ1) is 8.04. The highest BCUT2D eigenvalue weighted by molar-refractivity contribution is 5.79. The first-order valence-electron chi connectivity index (χ1n) is 5.13. The number of nitrogens with one attached hydrogen (secondary N) is 2. The maximum Gasteiger partial charge on any atom is 0.273 e. The Morgan fingerprint density at radius 3 is 2.82 bits per heavy atom. The minimum atomic E-state index is -0.500. The molecule has 0 bridgehead atoms. The van der Waals surface area contributed by atoms with Crippen molar-refractivity contribution in [2.24, 2.45) is 0 Å². The third-order valence-corrected chi connectivity index (χ3v) is 2.50. The molecule has 1 aromatic rings. The van der Waals surface area contributed by atoms with E-state index in [1.165, 1.54) is 12.1 Å². The number of nitrogen functional groups attached to an aromatic ring is 1. The van der Waals surface area contributed by atoms with Gasteiger partial charge in [-0.05, 0) is 6.07 Å². The third kappa shape index (κ3) is 2.63. The largest absolute Gasteiger partial charge is 0.398 e. The fourth-order valence-corrected chi connectivity index (χ4v) is 1.77. The van der Waals surface area contributed by atoms with Gasteiger partial charge in [-0.1, -0.05) is 0 Å². The molecule has 7 nitrogen and oxygen atoms in total. The number of nitrogens with zero attached hydrogens (tertiary/aromatic N) is 1. The van der Waals surface area contributed by atoms with Crippen LogP contribution in [0.1, 0.15) is 6.42 Å². The number of nitrogens with two attached hydrogens (primary N) is 1. The number of non-ortho nitro benzene ring substituents is 1. The average molecular weight is 236 g/mol. The predicted octanol–water partition coefficient (Wildman–Crippen LogP) is 0.477. The van der Waals surface area contributed by atoms with Gasteiger partial charge < -0.3 is 16.4 Å². The van der Waals surface area contributed by atoms with Crippen LogP contribution in [0.5, 0.6) is 0 Å². The second-order valence-electron chi connectivity index (χ2n) is 3.92. The Morgan fingerprint density at radius 2 is 2.24 bits per heavy atom. The van der Waals surface area contributed by atoms with Crippen LogP contribution < -0.4 is 16.4 Å². The standard InChI is InChI=1S/C10H12N4O3/c11-6-1-7(3-9(2-6)14(16)17)13-8-4-10(15)12-5-8/h1-3,8,13H,4-5,11H2,(H,12,15). The van der Waals surface area contributed by atoms with E-state index in [0.717, 1.165) is 0 Å². The van der Waals surface area contributed by atoms with Crippen LogP contribution in [-0.4, -0.2) is 23.4 Å². The summed E-state index contributed by atoms with van der Waals surface area (Å²) in [5, 5.41) is 16.4. The molecular formula is C10H12N4O3. The van der Waals surface area contributed by atoms with Crippen LogP contribution in [0.2, 0.25) is 0 Å². The molecule has 1 fully saturated rings. The van der Waals surface area contributed by atoms with E-state index >= 15 is 0 Å². The van der Waals surface area contributed by atoms with Crippen LogP contribution in [0.4, 0.5) is 17.1 Å². The molecule has 1 amide bonds. The van der Waals surface area contributed by atoms with Crippen LogP contribution in [-0.2, 0) is 4.79 Å². The summed E-state index contributed by atoms with van der Waals surface area (Å²) in [5.41, 5.74) is 6.38. The van der Waals surface area contributed by atoms with Crippen LogP contribution in [0.15, 0.2) is 18.2 Å². The van der Waals surface area contributed by atoms with Gasteiger partial charge in [0.15, 0.2) is 0 Å². The Bertz CT molecular complexity index is 475. The van der Waals surface area contributed by atoms with E-state index in [-0.39, 0.29) is 17.6 Å². The Morgan fingerprint density at radius 1 is 1.47 bits per heavy atom. The van der Waals surface area contributed by atoms with Gasteiger partial charge in [0.2, 0.25) is 5.91 Å². The van der Waals surface area contributed by atoms with Gasteiger partial charge in [-0.3, -0.25) is 14.9 Å². The number of rotatable bonds is 3. The highest BCUT2D eigenvalue weighted by atomic mass is 16.6. The number of hydrogen-bond acceptors (Lipinski definition) is 5. The van der Waals surface area contributed by atoms with Crippen molar-refractivity contribution >= 4 is 23.0 Å². The van der Waals surface area contributed by atoms with Crippen LogP contribution in [0, 0.1) is 10.1 Å². The Kier molecular flexibility index (Phi) is 2.82. The lowest BCUT2D eigenvalue weighted by atomic mass is 10.2. The van der Waals surface area contributed by atoms with Gasteiger partial charge in [0.05, 0.1) is 11.0 Å². The smallest absolute Gasteiger partial charge is 0.273 e. The van der Waals surface area contributed by atoms with Gasteiger partial charge in [-0.2, -0.15) is 0 Å². The summed E-state index contributed by atoms with van der Waals surface area (Å²) >= 11 is 0. The van der Waals surface area contributed by atoms with E-state index in [1.807, 2.05) is 0 Å². The number of nitro benzene ring substituents is 1. The maximum atomic E-state index is 11.0. The fourth-order valence-electron chi connectivity index (χ4n) is 1.77. The first-order valence-corrected chi connectivity index (χ1v) is 5.13. The molecule has 1 unspecified atom stereocenters. The Hall–Kier alpha value is -2.31. The van der Waals surface area contributed by atoms with Crippen LogP contribution >= 0.6 is 0 Å². The van der Waals surface area contributed by atoms with Crippen molar-refractivity contribution in [1.29, 1.82) is 0 Å². The predicted molar refractivity (Wildman–Crippen MR) is 62.5 cm³/mol. The van der Waals surface area contributed by atoms with Crippen molar-refractivity contribution < 1.29 is 9.72 Å². The SMILES string of the molecule is Nc1cc(NC2CNC(=O)C2)cc([N+](=O)[O-])c1. The molecule has 17 heavy (non-hydrogen) atoms. The van der Waals surface area contributed by atoms with Gasteiger partial charge in [-0.15, -0.1) is 0 Å². The zero-order valence-corrected chi connectivity index (χ0v) is 8.97. The molecule has 0 aromatic heterocycles. The van der Waals surface area contributed by atoms with E-state index in [9.17, 15) is 14.9 Å². The summed E-state index contributed by atoms with van der Waals surface area (Å²) in [6.07, 6.45) is 0.364. The zero-order valence-electron chi connectivity index (χ0n) is 8.97. The number of carbonyl (C=O) groups excluding carboxylic acids is 1. The number of nitro groups is 1. The van der Waals surface area contributed by atoms with Gasteiger partial charge in [-0.25, -0.2) is 0 Å². The first kappa shape index (κ1) is 11.2. The molecule has 2 rings (SSSR count). The van der Waals surface area contributed by atoms with Gasteiger partial charge >= 0.3 is 0 Å². The number of carbonyl (C=O) groups is 1. The zero-order chi connectivity index (χ0) is 12.4. The summed E-state index contributed by atoms with van der Waals surface area (Å²) in [6.45, 7) is 0.515. The third-order valence-electron chi connectivity index (χ3n) is 2.50. The number of benzene rings is 1. The van der Waals surface area contributed by atoms with Crippen molar-refractivity contribution in [2.75, 3.05) is 17.6 Å². The molecule has 1 atom stereocenters. The number of anilines is 2. The quantitative estimate of drug-likeness (QED) is 0.401. The minimum absolute atomic E-state index is 0.0269. The van der Waals surface area contributed by atoms with E-state index in [0.29, 0.717) is 24.3 Å². The maximum absolute atomic E-state index is 11.0. The normalized spacial score (nSPS) is 18.8. The van der Waals surface area contributed by atoms with Crippen LogP contribution in [0.25, 0.3) is 0 Å². The van der Waals surface area contributed by atoms with Gasteiger partial charge in [0.25, 0.3) is 5.69 Å². The average Bonchev–Trinajstić information content (AvgIpc) is 2.63. The van der Waals surface area contributed by atoms with Crippen molar-refractivity contribution in [1.82, 2.24) is 5.32 Å². The molecule has 0 aliphatic carbocycles. The van der Waals surface area contributed by atoms with Crippen molar-refractivity contribution in [3.63, 3.8) is 0 Å². The molecule has 7 heteroatoms. The van der Waals surface area contributed by atoms with Crippen LogP contribution in [0.3, 0.4) is 0 Å². The summed E-state index contributed by atoms with van der Waals surface area (Å²) in [5.74, 6) is -0.0269. The molecule has 4 N–H and O–H groups in total. The monoisotopic (exact) mass is 236 g/mol. The van der Waals surface area contributed by atoms with Crippen molar-refractivity contribution in [3.05, 3.63) is 28.3 Å². The van der Waals surface area contributed by atoms with E-state index in [1.54, 1.807) is 6.07 Å². The molecule has 1 aromatic carbocycles. The number of amides is 1. The van der Waals surface area contributed by atoms with Crippen molar-refractivity contribution in [2.45, 2.75) is 12.5 Å². The summed E-state index contributed by atoms with van der Waals surface area (Å²) < 4.78 is 0. The Balaban J connectivity index is 2.15. The summed E-state index contributed by atoms with van der Waals surface area (Å²) in [4.78, 5) is 21.2. The molecule has 1 heterocycles. The molecule has 0 spiro atoms. The summed E-state index contributed by atoms with van der Waals surface area (Å²) in [7, 11) is 0. The molecule has 1 aliphatic heterocycles. The van der Waals surface area contributed by atoms with Crippen molar-refractivity contribution in [3.8, 4) is 0 Å². The summed E-state index contributed by atoms with van der Waals surface area (Å²) in [6, 6.07) is 4.25. The fraction of sp³-hybridized carbons (Fsp3) is 0.300. The highest BCUT2D eigenvalue weighted by Gasteiger charge is 2.21. The molecule has 0 radical (unpaired) electrons. The number of hydrogen-bond donors (Lipinski definition) is 3.